The fourth-order valence-corrected chi connectivity index (χ4v) is 0.915. The summed E-state index contributed by atoms with van der Waals surface area (Å²) in [5, 5.41) is 51.1. The maximum Gasteiger partial charge on any atom is 0.356 e. The summed E-state index contributed by atoms with van der Waals surface area (Å²) >= 11 is 14.4. The van der Waals surface area contributed by atoms with Crippen LogP contribution >= 0.6 is 34.8 Å². The number of pyridine rings is 2. The van der Waals surface area contributed by atoms with Gasteiger partial charge in [-0.2, -0.15) is 0 Å². The molecule has 12 nitrogen and oxygen atoms in total. The van der Waals surface area contributed by atoms with Crippen LogP contribution in [0.5, 0.6) is 0 Å². The molecule has 0 saturated heterocycles. The van der Waals surface area contributed by atoms with Gasteiger partial charge >= 0.3 is 5.97 Å². The molecule has 0 aromatic carbocycles. The van der Waals surface area contributed by atoms with Crippen LogP contribution in [-0.4, -0.2) is 68.5 Å². The van der Waals surface area contributed by atoms with Crippen molar-refractivity contribution in [1.29, 1.82) is 0 Å². The Labute approximate surface area is 233 Å². The van der Waals surface area contributed by atoms with E-state index in [0.29, 0.717) is 22.8 Å². The number of aromatic nitrogens is 2. The summed E-state index contributed by atoms with van der Waals surface area (Å²) in [6, 6.07) is 11.4. The van der Waals surface area contributed by atoms with Gasteiger partial charge in [-0.05, 0) is 52.0 Å². The van der Waals surface area contributed by atoms with Crippen LogP contribution in [0.1, 0.15) is 27.7 Å². The molecule has 0 saturated carbocycles. The third-order valence-corrected chi connectivity index (χ3v) is 3.51. The molecule has 0 aliphatic heterocycles. The molecule has 2 aromatic heterocycles. The fourth-order valence-electron chi connectivity index (χ4n) is 0.915. The monoisotopic (exact) mass is 611 g/mol. The van der Waals surface area contributed by atoms with Crippen LogP contribution in [0, 0.1) is 0 Å². The van der Waals surface area contributed by atoms with E-state index >= 15 is 0 Å². The zero-order chi connectivity index (χ0) is 27.7. The summed E-state index contributed by atoms with van der Waals surface area (Å²) in [5.74, 6) is -1.46. The summed E-state index contributed by atoms with van der Waals surface area (Å²) in [5.41, 5.74) is 1.25. The summed E-state index contributed by atoms with van der Waals surface area (Å²) in [6.45, 7) is 6.15. The van der Waals surface area contributed by atoms with Crippen molar-refractivity contribution in [1.82, 2.24) is 9.97 Å². The molecule has 0 bridgehead atoms. The summed E-state index contributed by atoms with van der Waals surface area (Å²) in [4.78, 5) is 17.2. The summed E-state index contributed by atoms with van der Waals surface area (Å²) in [7, 11) is 0. The predicted octanol–water partition coefficient (Wildman–Crippen LogP) is 4.98. The molecule has 5 N–H and O–H groups in total. The number of hydrogen-bond acceptors (Lipinski definition) is 11. The van der Waals surface area contributed by atoms with Crippen molar-refractivity contribution >= 4 is 63.6 Å². The minimum atomic E-state index is -2.17. The topological polar surface area (TPSA) is 193 Å². The molecule has 0 fully saturated rings. The molecule has 2 heterocycles. The quantitative estimate of drug-likeness (QED) is 0.136. The molecule has 16 heteroatoms. The van der Waals surface area contributed by atoms with Gasteiger partial charge in [0.1, 0.15) is 22.8 Å². The van der Waals surface area contributed by atoms with Crippen LogP contribution in [0.3, 0.4) is 0 Å². The van der Waals surface area contributed by atoms with Crippen LogP contribution in [0.25, 0.3) is 0 Å². The Morgan fingerprint density at radius 2 is 0.806 bits per heavy atom. The Balaban J connectivity index is -0.000000177. The van der Waals surface area contributed by atoms with E-state index in [-0.39, 0.29) is 16.8 Å². The van der Waals surface area contributed by atoms with E-state index in [1.807, 2.05) is 36.4 Å². The molecule has 203 valence electrons. The molecular weight excluding hydrogens is 586 g/mol. The van der Waals surface area contributed by atoms with Gasteiger partial charge in [-0.3, -0.25) is 9.97 Å². The van der Waals surface area contributed by atoms with E-state index in [0.717, 1.165) is 0 Å². The van der Waals surface area contributed by atoms with Crippen LogP contribution in [0.2, 0.25) is 0 Å². The average molecular weight is 613 g/mol. The molecule has 2 rings (SSSR count). The Morgan fingerprint density at radius 3 is 0.861 bits per heavy atom. The number of carboxylic acid groups (broad SMARTS) is 1. The molecular formula is C20H27Cl3CoN6O6. The fraction of sp³-hybridized carbons (Fsp3) is 0.250. The van der Waals surface area contributed by atoms with E-state index in [9.17, 15) is 4.79 Å². The molecule has 0 unspecified atom stereocenters. The van der Waals surface area contributed by atoms with Crippen LogP contribution in [0.15, 0.2) is 81.8 Å². The second-order valence-corrected chi connectivity index (χ2v) is 7.87. The van der Waals surface area contributed by atoms with Crippen LogP contribution < -0.4 is 0 Å². The van der Waals surface area contributed by atoms with E-state index in [2.05, 4.69) is 30.6 Å². The minimum absolute atomic E-state index is 0. The van der Waals surface area contributed by atoms with Gasteiger partial charge in [0.25, 0.3) is 3.79 Å². The van der Waals surface area contributed by atoms with Crippen molar-refractivity contribution in [3.63, 3.8) is 0 Å². The Morgan fingerprint density at radius 1 is 0.611 bits per heavy atom. The van der Waals surface area contributed by atoms with Gasteiger partial charge < -0.3 is 25.9 Å². The summed E-state index contributed by atoms with van der Waals surface area (Å²) < 4.78 is -2.17. The van der Waals surface area contributed by atoms with Gasteiger partial charge in [0.15, 0.2) is 0 Å². The predicted molar refractivity (Wildman–Crippen MR) is 136 cm³/mol. The zero-order valence-corrected chi connectivity index (χ0v) is 22.9. The van der Waals surface area contributed by atoms with Gasteiger partial charge in [0.05, 0.1) is 0 Å². The second-order valence-electron chi connectivity index (χ2n) is 5.59. The van der Waals surface area contributed by atoms with Gasteiger partial charge in [-0.15, -0.1) is 0 Å². The number of halogens is 3. The van der Waals surface area contributed by atoms with E-state index in [1.165, 1.54) is 27.7 Å². The Hall–Kier alpha value is -2.97. The SMILES string of the molecule is CC(=N/O)/C(C)=N\O.CC(=N/O)/C(C)=N\O.O=C(O)C(Cl)(Cl)Cl.[Co].c1ccncc1.c1ccncc1. The van der Waals surface area contributed by atoms with Crippen molar-refractivity contribution in [2.24, 2.45) is 20.6 Å². The average Bonchev–Trinajstić information content (AvgIpc) is 2.89. The van der Waals surface area contributed by atoms with Crippen molar-refractivity contribution in [2.75, 3.05) is 0 Å². The number of aliphatic carboxylic acids is 1. The first-order valence-electron chi connectivity index (χ1n) is 9.14. The third kappa shape index (κ3) is 29.1. The van der Waals surface area contributed by atoms with Crippen LogP contribution in [-0.2, 0) is 21.6 Å². The zero-order valence-electron chi connectivity index (χ0n) is 19.6. The van der Waals surface area contributed by atoms with Crippen molar-refractivity contribution in [3.05, 3.63) is 61.2 Å². The second kappa shape index (κ2) is 26.6. The van der Waals surface area contributed by atoms with Gasteiger partial charge in [0, 0.05) is 41.6 Å². The van der Waals surface area contributed by atoms with Crippen LogP contribution in [0.4, 0.5) is 0 Å². The molecule has 0 aliphatic carbocycles. The number of alkyl halides is 3. The first-order valence-corrected chi connectivity index (χ1v) is 10.3. The number of hydrogen-bond donors (Lipinski definition) is 5. The Bertz CT molecular complexity index is 766. The maximum atomic E-state index is 9.62. The molecule has 0 aliphatic rings. The number of rotatable bonds is 2. The number of carboxylic acids is 1. The molecule has 1 radical (unpaired) electrons. The maximum absolute atomic E-state index is 9.62. The van der Waals surface area contributed by atoms with Gasteiger partial charge in [-0.1, -0.05) is 67.6 Å². The summed E-state index contributed by atoms with van der Waals surface area (Å²) in [6.07, 6.45) is 7.00. The van der Waals surface area contributed by atoms with E-state index in [4.69, 9.17) is 60.7 Å². The van der Waals surface area contributed by atoms with Crippen molar-refractivity contribution in [3.8, 4) is 0 Å². The van der Waals surface area contributed by atoms with Crippen molar-refractivity contribution in [2.45, 2.75) is 31.5 Å². The first kappa shape index (κ1) is 40.2. The van der Waals surface area contributed by atoms with E-state index < -0.39 is 9.76 Å². The minimum Gasteiger partial charge on any atom is -0.478 e. The molecule has 2 aromatic rings. The van der Waals surface area contributed by atoms with E-state index in [1.54, 1.807) is 24.8 Å². The number of oxime groups is 4. The largest absolute Gasteiger partial charge is 0.478 e. The van der Waals surface area contributed by atoms with Gasteiger partial charge in [0.2, 0.25) is 0 Å². The number of carbonyl (C=O) groups is 1. The molecule has 0 amide bonds. The molecule has 0 spiro atoms. The standard InChI is InChI=1S/2C5H5N.2C4H8N2O2.C2HCl3O2.Co/c2*1-2-4-6-5-3-1;2*1-3(5-7)4(2)6-8;3-2(4,5)1(6)7;/h2*1-5H;2*7-8H,1-2H3;(H,6,7);/b;;2*5-3-,6-4-;;. The smallest absolute Gasteiger partial charge is 0.356 e. The van der Waals surface area contributed by atoms with Gasteiger partial charge in [-0.25, -0.2) is 4.79 Å². The first-order chi connectivity index (χ1) is 16.4. The third-order valence-electron chi connectivity index (χ3n) is 3.02. The normalized spacial score (nSPS) is 11.2. The molecule has 36 heavy (non-hydrogen) atoms. The van der Waals surface area contributed by atoms with Crippen molar-refractivity contribution < 1.29 is 47.5 Å². The molecule has 0 atom stereocenters. The number of nitrogens with zero attached hydrogens (tertiary/aromatic N) is 6. The Kier molecular flexibility index (Phi) is 29.7.